The van der Waals surface area contributed by atoms with Crippen LogP contribution in [0.15, 0.2) is 16.8 Å². The molecule has 4 rings (SSSR count). The van der Waals surface area contributed by atoms with E-state index in [4.69, 9.17) is 18.0 Å². The molecule has 25 heavy (non-hydrogen) atoms. The molecule has 0 heterocycles. The largest absolute Gasteiger partial charge is 0.393 e. The Morgan fingerprint density at radius 3 is 2.76 bits per heavy atom. The second-order valence-electron chi connectivity index (χ2n) is 9.22. The van der Waals surface area contributed by atoms with E-state index in [0.717, 1.165) is 30.4 Å². The molecule has 3 saturated carbocycles. The summed E-state index contributed by atoms with van der Waals surface area (Å²) in [4.78, 5) is 0. The topological polar surface area (TPSA) is 70.6 Å². The minimum Gasteiger partial charge on any atom is -0.393 e. The van der Waals surface area contributed by atoms with Gasteiger partial charge in [-0.25, -0.2) is 0 Å². The van der Waals surface area contributed by atoms with Gasteiger partial charge in [0.2, 0.25) is 0 Å². The molecule has 5 heteroatoms. The molecule has 0 bridgehead atoms. The van der Waals surface area contributed by atoms with E-state index in [2.05, 4.69) is 30.5 Å². The predicted octanol–water partition coefficient (Wildman–Crippen LogP) is 3.50. The normalized spacial score (nSPS) is 47.5. The van der Waals surface area contributed by atoms with Crippen LogP contribution in [0.1, 0.15) is 65.2 Å². The summed E-state index contributed by atoms with van der Waals surface area (Å²) in [6, 6.07) is 0. The number of fused-ring (bicyclic) bond motifs is 5. The van der Waals surface area contributed by atoms with Gasteiger partial charge in [0, 0.05) is 0 Å². The van der Waals surface area contributed by atoms with E-state index >= 15 is 0 Å². The number of hydrogen-bond acceptors (Lipinski definition) is 3. The van der Waals surface area contributed by atoms with Gasteiger partial charge in [0.25, 0.3) is 0 Å². The van der Waals surface area contributed by atoms with Gasteiger partial charge in [0.15, 0.2) is 5.11 Å². The maximum atomic E-state index is 10.6. The lowest BCUT2D eigenvalue weighted by atomic mass is 9.47. The number of hydrazone groups is 1. The zero-order valence-electron chi connectivity index (χ0n) is 15.4. The molecule has 0 spiro atoms. The van der Waals surface area contributed by atoms with Crippen molar-refractivity contribution >= 4 is 23.0 Å². The lowest BCUT2D eigenvalue weighted by Crippen LogP contribution is -2.51. The highest BCUT2D eigenvalue weighted by Gasteiger charge is 2.58. The molecule has 4 N–H and O–H groups in total. The Labute approximate surface area is 156 Å². The summed E-state index contributed by atoms with van der Waals surface area (Å²) in [5, 5.41) is 15.2. The molecule has 6 unspecified atom stereocenters. The number of thiocarbonyl (C=S) groups is 1. The monoisotopic (exact) mass is 361 g/mol. The number of nitrogens with two attached hydrogens (primary N) is 1. The number of nitrogens with one attached hydrogen (secondary N) is 1. The van der Waals surface area contributed by atoms with Crippen LogP contribution in [-0.2, 0) is 0 Å². The molecule has 3 fully saturated rings. The first-order chi connectivity index (χ1) is 11.8. The predicted molar refractivity (Wildman–Crippen MR) is 105 cm³/mol. The third kappa shape index (κ3) is 2.66. The highest BCUT2D eigenvalue weighted by molar-refractivity contribution is 7.80. The van der Waals surface area contributed by atoms with Crippen LogP contribution >= 0.6 is 12.2 Å². The minimum atomic E-state index is -0.0838. The summed E-state index contributed by atoms with van der Waals surface area (Å²) >= 11 is 4.86. The first kappa shape index (κ1) is 17.5. The van der Waals surface area contributed by atoms with Crippen LogP contribution < -0.4 is 11.2 Å². The molecule has 138 valence electrons. The third-order valence-corrected chi connectivity index (χ3v) is 8.33. The van der Waals surface area contributed by atoms with Crippen molar-refractivity contribution in [3.8, 4) is 0 Å². The van der Waals surface area contributed by atoms with Crippen molar-refractivity contribution in [2.75, 3.05) is 0 Å². The van der Waals surface area contributed by atoms with Gasteiger partial charge >= 0.3 is 0 Å². The fraction of sp³-hybridized carbons (Fsp3) is 0.800. The van der Waals surface area contributed by atoms with Gasteiger partial charge in [-0.05, 0) is 98.2 Å². The first-order valence-electron chi connectivity index (χ1n) is 9.86. The Balaban J connectivity index is 1.60. The molecule has 0 radical (unpaired) electrons. The Hall–Kier alpha value is -0.940. The van der Waals surface area contributed by atoms with E-state index in [0.29, 0.717) is 11.3 Å². The third-order valence-electron chi connectivity index (χ3n) is 8.24. The Morgan fingerprint density at radius 2 is 2.00 bits per heavy atom. The van der Waals surface area contributed by atoms with Gasteiger partial charge in [-0.2, -0.15) is 5.10 Å². The van der Waals surface area contributed by atoms with E-state index in [9.17, 15) is 5.11 Å². The van der Waals surface area contributed by atoms with E-state index in [1.807, 2.05) is 0 Å². The number of rotatable bonds is 1. The van der Waals surface area contributed by atoms with E-state index in [1.54, 1.807) is 5.57 Å². The molecule has 0 amide bonds. The molecule has 4 aliphatic carbocycles. The molecule has 0 aromatic carbocycles. The van der Waals surface area contributed by atoms with Crippen LogP contribution in [-0.4, -0.2) is 22.0 Å². The van der Waals surface area contributed by atoms with Gasteiger partial charge in [0.05, 0.1) is 11.8 Å². The minimum absolute atomic E-state index is 0.0838. The summed E-state index contributed by atoms with van der Waals surface area (Å²) in [5.41, 5.74) is 11.4. The lowest BCUT2D eigenvalue weighted by molar-refractivity contribution is -0.0721. The average molecular weight is 362 g/mol. The Bertz CT molecular complexity index is 645. The number of allylic oxidation sites excluding steroid dienone is 2. The van der Waals surface area contributed by atoms with Gasteiger partial charge in [0.1, 0.15) is 0 Å². The molecule has 0 aliphatic heterocycles. The highest BCUT2D eigenvalue weighted by Crippen LogP contribution is 2.65. The first-order valence-corrected chi connectivity index (χ1v) is 10.3. The van der Waals surface area contributed by atoms with Crippen LogP contribution in [0.5, 0.6) is 0 Å². The fourth-order valence-corrected chi connectivity index (χ4v) is 6.80. The maximum Gasteiger partial charge on any atom is 0.184 e. The smallest absolute Gasteiger partial charge is 0.184 e. The number of aliphatic hydroxyl groups excluding tert-OH is 1. The molecular formula is C20H31N3OS. The molecule has 4 aliphatic rings. The molecule has 0 aromatic heterocycles. The lowest BCUT2D eigenvalue weighted by Gasteiger charge is -2.57. The fourth-order valence-electron chi connectivity index (χ4n) is 6.76. The summed E-state index contributed by atoms with van der Waals surface area (Å²) in [5.74, 6) is 2.26. The van der Waals surface area contributed by atoms with Crippen molar-refractivity contribution in [1.82, 2.24) is 5.43 Å². The number of aliphatic hydroxyl groups is 1. The van der Waals surface area contributed by atoms with Crippen molar-refractivity contribution < 1.29 is 5.11 Å². The molecule has 0 saturated heterocycles. The second-order valence-corrected chi connectivity index (χ2v) is 9.66. The number of hydrogen-bond donors (Lipinski definition) is 3. The molecule has 6 atom stereocenters. The molecule has 0 aromatic rings. The second kappa shape index (κ2) is 6.05. The zero-order valence-corrected chi connectivity index (χ0v) is 16.2. The van der Waals surface area contributed by atoms with Crippen LogP contribution in [0.25, 0.3) is 0 Å². The Kier molecular flexibility index (Phi) is 4.23. The van der Waals surface area contributed by atoms with Crippen molar-refractivity contribution in [1.29, 1.82) is 0 Å². The van der Waals surface area contributed by atoms with Crippen LogP contribution in [0.2, 0.25) is 0 Å². The maximum absolute atomic E-state index is 10.6. The van der Waals surface area contributed by atoms with Crippen LogP contribution in [0.3, 0.4) is 0 Å². The molecular weight excluding hydrogens is 330 g/mol. The van der Waals surface area contributed by atoms with Crippen LogP contribution in [0, 0.1) is 28.6 Å². The zero-order chi connectivity index (χ0) is 17.8. The van der Waals surface area contributed by atoms with E-state index < -0.39 is 0 Å². The van der Waals surface area contributed by atoms with Gasteiger partial charge in [-0.15, -0.1) is 0 Å². The quantitative estimate of drug-likeness (QED) is 0.494. The van der Waals surface area contributed by atoms with E-state index in [-0.39, 0.29) is 16.6 Å². The van der Waals surface area contributed by atoms with Crippen LogP contribution in [0.4, 0.5) is 0 Å². The highest BCUT2D eigenvalue weighted by atomic mass is 32.1. The SMILES string of the molecule is CC12CCC(=NNC(N)=S)C=C1CCC1C2CCC2(C)C(O)CCC12. The van der Waals surface area contributed by atoms with Gasteiger partial charge in [-0.3, -0.25) is 5.43 Å². The van der Waals surface area contributed by atoms with Crippen molar-refractivity contribution in [3.05, 3.63) is 11.6 Å². The standard InChI is InChI=1S/C20H31N3OS/c1-19-9-7-13(22-23-18(21)25)11-12(19)3-4-14-15-5-6-17(24)20(15,2)10-8-16(14)19/h11,14-17,24H,3-10H2,1-2H3,(H3,21,23,25). The average Bonchev–Trinajstić information content (AvgIpc) is 2.88. The number of nitrogens with zero attached hydrogens (tertiary/aromatic N) is 1. The summed E-state index contributed by atoms with van der Waals surface area (Å²) < 4.78 is 0. The molecule has 4 nitrogen and oxygen atoms in total. The Morgan fingerprint density at radius 1 is 1.20 bits per heavy atom. The van der Waals surface area contributed by atoms with Crippen molar-refractivity contribution in [2.45, 2.75) is 71.3 Å². The van der Waals surface area contributed by atoms with Crippen molar-refractivity contribution in [2.24, 2.45) is 39.4 Å². The summed E-state index contributed by atoms with van der Waals surface area (Å²) in [6.07, 6.45) is 11.5. The van der Waals surface area contributed by atoms with Gasteiger partial charge in [-0.1, -0.05) is 19.4 Å². The van der Waals surface area contributed by atoms with Gasteiger partial charge < -0.3 is 10.8 Å². The van der Waals surface area contributed by atoms with E-state index in [1.165, 1.54) is 38.5 Å². The summed E-state index contributed by atoms with van der Waals surface area (Å²) in [7, 11) is 0. The summed E-state index contributed by atoms with van der Waals surface area (Å²) in [6.45, 7) is 4.84. The van der Waals surface area contributed by atoms with Crippen molar-refractivity contribution in [3.63, 3.8) is 0 Å².